The number of hydrogen-bond acceptors (Lipinski definition) is 3. The van der Waals surface area contributed by atoms with Crippen molar-refractivity contribution >= 4 is 5.78 Å². The number of carbonyl (C=O) groups excluding carboxylic acids is 1. The van der Waals surface area contributed by atoms with E-state index < -0.39 is 11.9 Å². The first-order valence-corrected chi connectivity index (χ1v) is 7.15. The van der Waals surface area contributed by atoms with Crippen molar-refractivity contribution in [3.05, 3.63) is 29.6 Å². The SMILES string of the molecule is CN1C2CCC1CC(C(=O)c1ccc(C(F)(F)F)nc1)C2. The summed E-state index contributed by atoms with van der Waals surface area (Å²) in [5, 5.41) is 0. The third-order valence-electron chi connectivity index (χ3n) is 4.81. The van der Waals surface area contributed by atoms with Gasteiger partial charge in [0.05, 0.1) is 0 Å². The van der Waals surface area contributed by atoms with Crippen molar-refractivity contribution in [3.63, 3.8) is 0 Å². The van der Waals surface area contributed by atoms with E-state index in [1.54, 1.807) is 0 Å². The number of alkyl halides is 3. The molecule has 2 saturated heterocycles. The van der Waals surface area contributed by atoms with Gasteiger partial charge in [0, 0.05) is 29.8 Å². The number of pyridine rings is 1. The van der Waals surface area contributed by atoms with Crippen molar-refractivity contribution in [1.29, 1.82) is 0 Å². The summed E-state index contributed by atoms with van der Waals surface area (Å²) in [6, 6.07) is 3.00. The summed E-state index contributed by atoms with van der Waals surface area (Å²) < 4.78 is 37.4. The predicted octanol–water partition coefficient (Wildman–Crippen LogP) is 3.16. The fraction of sp³-hybridized carbons (Fsp3) is 0.600. The zero-order chi connectivity index (χ0) is 15.2. The number of ketones is 1. The van der Waals surface area contributed by atoms with Crippen LogP contribution in [0.5, 0.6) is 0 Å². The van der Waals surface area contributed by atoms with E-state index in [1.807, 2.05) is 0 Å². The van der Waals surface area contributed by atoms with Gasteiger partial charge in [-0.25, -0.2) is 0 Å². The van der Waals surface area contributed by atoms with Crippen LogP contribution in [0.1, 0.15) is 41.7 Å². The highest BCUT2D eigenvalue weighted by Gasteiger charge is 2.41. The fourth-order valence-electron chi connectivity index (χ4n) is 3.57. The number of nitrogens with zero attached hydrogens (tertiary/aromatic N) is 2. The first-order valence-electron chi connectivity index (χ1n) is 7.15. The molecule has 0 N–H and O–H groups in total. The maximum absolute atomic E-state index is 12.5. The smallest absolute Gasteiger partial charge is 0.300 e. The zero-order valence-corrected chi connectivity index (χ0v) is 11.7. The highest BCUT2D eigenvalue weighted by Crippen LogP contribution is 2.38. The van der Waals surface area contributed by atoms with Gasteiger partial charge in [-0.1, -0.05) is 0 Å². The molecule has 0 saturated carbocycles. The Kier molecular flexibility index (Phi) is 3.51. The molecule has 1 aromatic heterocycles. The summed E-state index contributed by atoms with van der Waals surface area (Å²) in [5.74, 6) is -0.154. The van der Waals surface area contributed by atoms with Crippen molar-refractivity contribution in [1.82, 2.24) is 9.88 Å². The number of piperidine rings is 1. The van der Waals surface area contributed by atoms with Crippen LogP contribution in [0.4, 0.5) is 13.2 Å². The van der Waals surface area contributed by atoms with Gasteiger partial charge < -0.3 is 4.90 Å². The number of Topliss-reactive ketones (excluding diaryl/α,β-unsaturated/α-hetero) is 1. The van der Waals surface area contributed by atoms with Gasteiger partial charge >= 0.3 is 6.18 Å². The maximum Gasteiger partial charge on any atom is 0.433 e. The molecule has 2 fully saturated rings. The van der Waals surface area contributed by atoms with Gasteiger partial charge in [-0.2, -0.15) is 13.2 Å². The molecule has 0 aliphatic carbocycles. The van der Waals surface area contributed by atoms with Crippen LogP contribution in [0.2, 0.25) is 0 Å². The number of hydrogen-bond donors (Lipinski definition) is 0. The molecular weight excluding hydrogens is 281 g/mol. The summed E-state index contributed by atoms with van der Waals surface area (Å²) in [6.07, 6.45) is 0.408. The summed E-state index contributed by atoms with van der Waals surface area (Å²) in [6.45, 7) is 0. The minimum atomic E-state index is -4.46. The normalized spacial score (nSPS) is 29.6. The number of carbonyl (C=O) groups is 1. The molecule has 3 heterocycles. The average molecular weight is 298 g/mol. The minimum absolute atomic E-state index is 0.0683. The molecule has 3 rings (SSSR count). The Morgan fingerprint density at radius 1 is 1.24 bits per heavy atom. The second-order valence-electron chi connectivity index (χ2n) is 6.01. The van der Waals surface area contributed by atoms with E-state index in [-0.39, 0.29) is 17.3 Å². The van der Waals surface area contributed by atoms with Crippen molar-refractivity contribution in [2.24, 2.45) is 5.92 Å². The second-order valence-corrected chi connectivity index (χ2v) is 6.01. The quantitative estimate of drug-likeness (QED) is 0.786. The molecule has 1 aromatic rings. The zero-order valence-electron chi connectivity index (χ0n) is 11.7. The van der Waals surface area contributed by atoms with Crippen LogP contribution < -0.4 is 0 Å². The fourth-order valence-corrected chi connectivity index (χ4v) is 3.57. The standard InChI is InChI=1S/C15H17F3N2O/c1-20-11-3-4-12(20)7-10(6-11)14(21)9-2-5-13(19-8-9)15(16,17)18/h2,5,8,10-12H,3-4,6-7H2,1H3. The van der Waals surface area contributed by atoms with Crippen LogP contribution >= 0.6 is 0 Å². The molecule has 21 heavy (non-hydrogen) atoms. The van der Waals surface area contributed by atoms with E-state index in [0.29, 0.717) is 12.1 Å². The van der Waals surface area contributed by atoms with Crippen molar-refractivity contribution in [2.75, 3.05) is 7.05 Å². The van der Waals surface area contributed by atoms with Gasteiger partial charge in [0.25, 0.3) is 0 Å². The lowest BCUT2D eigenvalue weighted by Gasteiger charge is -2.35. The Hall–Kier alpha value is -1.43. The summed E-state index contributed by atoms with van der Waals surface area (Å²) in [4.78, 5) is 18.2. The van der Waals surface area contributed by atoms with Gasteiger partial charge in [0.1, 0.15) is 5.69 Å². The van der Waals surface area contributed by atoms with Crippen molar-refractivity contribution in [2.45, 2.75) is 43.9 Å². The largest absolute Gasteiger partial charge is 0.433 e. The highest BCUT2D eigenvalue weighted by molar-refractivity contribution is 5.97. The lowest BCUT2D eigenvalue weighted by atomic mass is 9.85. The van der Waals surface area contributed by atoms with E-state index in [9.17, 15) is 18.0 Å². The van der Waals surface area contributed by atoms with Gasteiger partial charge in [0.15, 0.2) is 5.78 Å². The Balaban J connectivity index is 1.74. The maximum atomic E-state index is 12.5. The molecule has 3 nitrogen and oxygen atoms in total. The molecule has 2 unspecified atom stereocenters. The van der Waals surface area contributed by atoms with E-state index in [1.165, 1.54) is 6.07 Å². The summed E-state index contributed by atoms with van der Waals surface area (Å²) >= 11 is 0. The number of aromatic nitrogens is 1. The van der Waals surface area contributed by atoms with E-state index in [0.717, 1.165) is 37.9 Å². The number of halogens is 3. The predicted molar refractivity (Wildman–Crippen MR) is 70.9 cm³/mol. The van der Waals surface area contributed by atoms with Gasteiger partial charge in [-0.05, 0) is 44.9 Å². The molecule has 6 heteroatoms. The molecule has 2 aliphatic heterocycles. The molecule has 0 aromatic carbocycles. The molecule has 2 aliphatic rings. The van der Waals surface area contributed by atoms with Crippen LogP contribution in [0, 0.1) is 5.92 Å². The van der Waals surface area contributed by atoms with Crippen LogP contribution in [0.15, 0.2) is 18.3 Å². The second kappa shape index (κ2) is 5.09. The number of fused-ring (bicyclic) bond motifs is 2. The monoisotopic (exact) mass is 298 g/mol. The summed E-state index contributed by atoms with van der Waals surface area (Å²) in [5.41, 5.74) is -0.667. The Bertz CT molecular complexity index is 527. The van der Waals surface area contributed by atoms with Crippen LogP contribution in [-0.2, 0) is 6.18 Å². The van der Waals surface area contributed by atoms with Gasteiger partial charge in [-0.3, -0.25) is 9.78 Å². The number of rotatable bonds is 2. The topological polar surface area (TPSA) is 33.2 Å². The van der Waals surface area contributed by atoms with E-state index in [2.05, 4.69) is 16.9 Å². The molecule has 0 radical (unpaired) electrons. The van der Waals surface area contributed by atoms with Crippen molar-refractivity contribution < 1.29 is 18.0 Å². The Morgan fingerprint density at radius 3 is 2.33 bits per heavy atom. The van der Waals surface area contributed by atoms with E-state index in [4.69, 9.17) is 0 Å². The minimum Gasteiger partial charge on any atom is -0.300 e. The molecule has 2 atom stereocenters. The average Bonchev–Trinajstić information content (AvgIpc) is 2.66. The molecule has 0 amide bonds. The lowest BCUT2D eigenvalue weighted by molar-refractivity contribution is -0.141. The highest BCUT2D eigenvalue weighted by atomic mass is 19.4. The summed E-state index contributed by atoms with van der Waals surface area (Å²) in [7, 11) is 2.09. The first-order chi connectivity index (χ1) is 9.86. The van der Waals surface area contributed by atoms with Gasteiger partial charge in [-0.15, -0.1) is 0 Å². The third-order valence-corrected chi connectivity index (χ3v) is 4.81. The molecule has 0 spiro atoms. The van der Waals surface area contributed by atoms with E-state index >= 15 is 0 Å². The third kappa shape index (κ3) is 2.69. The molecule has 2 bridgehead atoms. The van der Waals surface area contributed by atoms with Crippen LogP contribution in [0.25, 0.3) is 0 Å². The van der Waals surface area contributed by atoms with Crippen molar-refractivity contribution in [3.8, 4) is 0 Å². The Morgan fingerprint density at radius 2 is 1.86 bits per heavy atom. The van der Waals surface area contributed by atoms with Gasteiger partial charge in [0.2, 0.25) is 0 Å². The lowest BCUT2D eigenvalue weighted by Crippen LogP contribution is -2.42. The first kappa shape index (κ1) is 14.5. The van der Waals surface area contributed by atoms with Crippen LogP contribution in [0.3, 0.4) is 0 Å². The molecular formula is C15H17F3N2O. The molecule has 114 valence electrons. The Labute approximate surface area is 121 Å². The van der Waals surface area contributed by atoms with Crippen LogP contribution in [-0.4, -0.2) is 34.8 Å².